The number of primary amides is 1. The van der Waals surface area contributed by atoms with Gasteiger partial charge in [0, 0.05) is 41.7 Å². The van der Waals surface area contributed by atoms with Crippen LogP contribution in [0.3, 0.4) is 0 Å². The summed E-state index contributed by atoms with van der Waals surface area (Å²) in [6.45, 7) is 1.65. The van der Waals surface area contributed by atoms with Crippen molar-refractivity contribution in [3.05, 3.63) is 34.3 Å². The van der Waals surface area contributed by atoms with E-state index >= 15 is 0 Å². The quantitative estimate of drug-likeness (QED) is 0.700. The van der Waals surface area contributed by atoms with Crippen molar-refractivity contribution >= 4 is 33.1 Å². The first-order chi connectivity index (χ1) is 13.4. The molecule has 4 N–H and O–H groups in total. The number of nitrogens with two attached hydrogens (primary N) is 2. The average Bonchev–Trinajstić information content (AvgIpc) is 3.02. The van der Waals surface area contributed by atoms with Gasteiger partial charge in [0.05, 0.1) is 19.9 Å². The Morgan fingerprint density at radius 1 is 1.29 bits per heavy atom. The van der Waals surface area contributed by atoms with Crippen molar-refractivity contribution in [2.45, 2.75) is 13.0 Å². The molecule has 0 spiro atoms. The van der Waals surface area contributed by atoms with Crippen LogP contribution >= 0.6 is 11.3 Å². The van der Waals surface area contributed by atoms with E-state index in [0.29, 0.717) is 22.1 Å². The van der Waals surface area contributed by atoms with Gasteiger partial charge in [-0.15, -0.1) is 11.3 Å². The Morgan fingerprint density at radius 2 is 2.07 bits per heavy atom. The molecular weight excluding hydrogens is 376 g/mol. The van der Waals surface area contributed by atoms with E-state index in [-0.39, 0.29) is 0 Å². The molecule has 28 heavy (non-hydrogen) atoms. The van der Waals surface area contributed by atoms with Crippen LogP contribution < -0.4 is 20.9 Å². The summed E-state index contributed by atoms with van der Waals surface area (Å²) in [5.41, 5.74) is 16.2. The van der Waals surface area contributed by atoms with Crippen LogP contribution in [0.25, 0.3) is 21.3 Å². The van der Waals surface area contributed by atoms with Gasteiger partial charge in [0.15, 0.2) is 0 Å². The molecule has 7 nitrogen and oxygen atoms in total. The lowest BCUT2D eigenvalue weighted by Gasteiger charge is -2.27. The minimum absolute atomic E-state index is 0.335. The summed E-state index contributed by atoms with van der Waals surface area (Å²) in [6.07, 6.45) is 0.824. The number of pyridine rings is 1. The Labute approximate surface area is 166 Å². The van der Waals surface area contributed by atoms with Crippen molar-refractivity contribution in [2.75, 3.05) is 33.5 Å². The molecule has 8 heteroatoms. The predicted molar refractivity (Wildman–Crippen MR) is 111 cm³/mol. The molecule has 0 bridgehead atoms. The van der Waals surface area contributed by atoms with Gasteiger partial charge >= 0.3 is 0 Å². The van der Waals surface area contributed by atoms with Gasteiger partial charge in [-0.3, -0.25) is 4.79 Å². The maximum atomic E-state index is 11.9. The lowest BCUT2D eigenvalue weighted by Crippen LogP contribution is -2.28. The maximum absolute atomic E-state index is 11.9. The highest BCUT2D eigenvalue weighted by molar-refractivity contribution is 7.21. The van der Waals surface area contributed by atoms with Gasteiger partial charge in [-0.25, -0.2) is 4.98 Å². The SMILES string of the molecule is COc1ccc(OC)c(-c2c3c(nc4sc(C(N)=O)c(N)c24)CCN(C)C3)c1. The van der Waals surface area contributed by atoms with Crippen molar-refractivity contribution in [3.63, 3.8) is 0 Å². The fraction of sp³-hybridized carbons (Fsp3) is 0.300. The van der Waals surface area contributed by atoms with E-state index in [1.165, 1.54) is 11.3 Å². The fourth-order valence-electron chi connectivity index (χ4n) is 3.75. The molecule has 0 aliphatic carbocycles. The van der Waals surface area contributed by atoms with Crippen LogP contribution in [0.4, 0.5) is 5.69 Å². The van der Waals surface area contributed by atoms with Gasteiger partial charge in [0.2, 0.25) is 0 Å². The number of ether oxygens (including phenoxy) is 2. The van der Waals surface area contributed by atoms with E-state index in [0.717, 1.165) is 52.1 Å². The number of nitrogen functional groups attached to an aromatic ring is 1. The van der Waals surface area contributed by atoms with Crippen molar-refractivity contribution in [2.24, 2.45) is 5.73 Å². The molecule has 0 unspecified atom stereocenters. The number of aromatic nitrogens is 1. The van der Waals surface area contributed by atoms with Gasteiger partial charge in [-0.05, 0) is 30.8 Å². The third-order valence-corrected chi connectivity index (χ3v) is 6.24. The smallest absolute Gasteiger partial charge is 0.260 e. The highest BCUT2D eigenvalue weighted by Crippen LogP contribution is 2.46. The Morgan fingerprint density at radius 3 is 2.75 bits per heavy atom. The zero-order valence-corrected chi connectivity index (χ0v) is 16.9. The predicted octanol–water partition coefficient (Wildman–Crippen LogP) is 2.65. The molecule has 0 radical (unpaired) electrons. The van der Waals surface area contributed by atoms with E-state index in [1.54, 1.807) is 14.2 Å². The molecule has 0 fully saturated rings. The summed E-state index contributed by atoms with van der Waals surface area (Å²) in [7, 11) is 5.33. The first kappa shape index (κ1) is 18.5. The van der Waals surface area contributed by atoms with E-state index in [2.05, 4.69) is 11.9 Å². The average molecular weight is 398 g/mol. The molecule has 3 heterocycles. The minimum atomic E-state index is -0.542. The van der Waals surface area contributed by atoms with Crippen LogP contribution in [0.5, 0.6) is 11.5 Å². The third-order valence-electron chi connectivity index (χ3n) is 5.12. The number of thiophene rings is 1. The second-order valence-electron chi connectivity index (χ2n) is 6.86. The summed E-state index contributed by atoms with van der Waals surface area (Å²) in [6, 6.07) is 5.66. The number of carbonyl (C=O) groups is 1. The molecule has 1 amide bonds. The molecule has 1 aliphatic heterocycles. The molecule has 1 aliphatic rings. The fourth-order valence-corrected chi connectivity index (χ4v) is 4.73. The summed E-state index contributed by atoms with van der Waals surface area (Å²) in [4.78, 5) is 20.0. The second kappa shape index (κ2) is 6.96. The normalized spacial score (nSPS) is 14.1. The van der Waals surface area contributed by atoms with Crippen LogP contribution in [0.1, 0.15) is 20.9 Å². The Kier molecular flexibility index (Phi) is 4.60. The highest BCUT2D eigenvalue weighted by atomic mass is 32.1. The molecule has 1 aromatic carbocycles. The summed E-state index contributed by atoms with van der Waals surface area (Å²) >= 11 is 1.24. The zero-order valence-electron chi connectivity index (χ0n) is 16.0. The standard InChI is InChI=1S/C20H22N4O3S/c1-24-7-6-13-12(9-24)15(11-8-10(26-2)4-5-14(11)27-3)16-17(21)18(19(22)25)28-20(16)23-13/h4-5,8H,6-7,9,21H2,1-3H3,(H2,22,25). The molecule has 4 rings (SSSR count). The summed E-state index contributed by atoms with van der Waals surface area (Å²) in [5.74, 6) is 0.872. The van der Waals surface area contributed by atoms with Crippen molar-refractivity contribution < 1.29 is 14.3 Å². The lowest BCUT2D eigenvalue weighted by atomic mass is 9.91. The van der Waals surface area contributed by atoms with Crippen LogP contribution in [0, 0.1) is 0 Å². The number of likely N-dealkylation sites (N-methyl/N-ethyl adjacent to an activating group) is 1. The topological polar surface area (TPSA) is 104 Å². The van der Waals surface area contributed by atoms with Crippen LogP contribution in [-0.4, -0.2) is 43.6 Å². The van der Waals surface area contributed by atoms with Crippen LogP contribution in [-0.2, 0) is 13.0 Å². The van der Waals surface area contributed by atoms with E-state index in [4.69, 9.17) is 25.9 Å². The number of nitrogens with zero attached hydrogens (tertiary/aromatic N) is 2. The molecule has 0 saturated heterocycles. The first-order valence-electron chi connectivity index (χ1n) is 8.89. The largest absolute Gasteiger partial charge is 0.497 e. The maximum Gasteiger partial charge on any atom is 0.260 e. The second-order valence-corrected chi connectivity index (χ2v) is 7.85. The molecule has 0 saturated carbocycles. The number of hydrogen-bond donors (Lipinski definition) is 2. The number of rotatable bonds is 4. The van der Waals surface area contributed by atoms with Crippen molar-refractivity contribution in [1.82, 2.24) is 9.88 Å². The number of carbonyl (C=O) groups excluding carboxylic acids is 1. The van der Waals surface area contributed by atoms with E-state index < -0.39 is 5.91 Å². The monoisotopic (exact) mass is 398 g/mol. The number of fused-ring (bicyclic) bond motifs is 2. The van der Waals surface area contributed by atoms with Crippen molar-refractivity contribution in [1.29, 1.82) is 0 Å². The van der Waals surface area contributed by atoms with E-state index in [1.807, 2.05) is 18.2 Å². The number of benzene rings is 1. The highest BCUT2D eigenvalue weighted by Gasteiger charge is 2.27. The van der Waals surface area contributed by atoms with Gasteiger partial charge in [0.1, 0.15) is 21.2 Å². The van der Waals surface area contributed by atoms with Crippen molar-refractivity contribution in [3.8, 4) is 22.6 Å². The van der Waals surface area contributed by atoms with Gasteiger partial charge < -0.3 is 25.8 Å². The minimum Gasteiger partial charge on any atom is -0.497 e. The summed E-state index contributed by atoms with van der Waals surface area (Å²) in [5, 5.41) is 0.749. The first-order valence-corrected chi connectivity index (χ1v) is 9.70. The zero-order chi connectivity index (χ0) is 20.0. The molecule has 0 atom stereocenters. The third kappa shape index (κ3) is 2.85. The number of amides is 1. The summed E-state index contributed by atoms with van der Waals surface area (Å²) < 4.78 is 11.1. The Hall–Kier alpha value is -2.84. The number of hydrogen-bond acceptors (Lipinski definition) is 7. The molecule has 3 aromatic rings. The van der Waals surface area contributed by atoms with Gasteiger partial charge in [-0.1, -0.05) is 0 Å². The van der Waals surface area contributed by atoms with Gasteiger partial charge in [-0.2, -0.15) is 0 Å². The Balaban J connectivity index is 2.14. The molecule has 2 aromatic heterocycles. The number of anilines is 1. The number of methoxy groups -OCH3 is 2. The molecular formula is C20H22N4O3S. The van der Waals surface area contributed by atoms with E-state index in [9.17, 15) is 4.79 Å². The molecule has 146 valence electrons. The Bertz CT molecular complexity index is 1090. The lowest BCUT2D eigenvalue weighted by molar-refractivity contribution is 0.100. The van der Waals surface area contributed by atoms with Crippen LogP contribution in [0.15, 0.2) is 18.2 Å². The van der Waals surface area contributed by atoms with Gasteiger partial charge in [0.25, 0.3) is 5.91 Å². The van der Waals surface area contributed by atoms with Crippen LogP contribution in [0.2, 0.25) is 0 Å².